The van der Waals surface area contributed by atoms with Gasteiger partial charge in [-0.05, 0) is 38.0 Å². The lowest BCUT2D eigenvalue weighted by molar-refractivity contribution is 0.480. The van der Waals surface area contributed by atoms with Crippen molar-refractivity contribution in [3.05, 3.63) is 64.3 Å². The number of aryl methyl sites for hydroxylation is 1. The van der Waals surface area contributed by atoms with E-state index in [0.29, 0.717) is 15.5 Å². The average Bonchev–Trinajstić information content (AvgIpc) is 2.93. The second-order valence-electron chi connectivity index (χ2n) is 6.63. The van der Waals surface area contributed by atoms with Crippen LogP contribution in [-0.2, 0) is 9.84 Å². The van der Waals surface area contributed by atoms with Crippen LogP contribution in [0.1, 0.15) is 36.7 Å². The average molecular weight is 326 g/mol. The molecule has 1 unspecified atom stereocenters. The van der Waals surface area contributed by atoms with Gasteiger partial charge in [-0.25, -0.2) is 8.42 Å². The summed E-state index contributed by atoms with van der Waals surface area (Å²) in [5.74, 6) is 0. The maximum Gasteiger partial charge on any atom is 0.207 e. The second kappa shape index (κ2) is 4.52. The normalized spacial score (nSPS) is 23.7. The lowest BCUT2D eigenvalue weighted by Crippen LogP contribution is -2.37. The fourth-order valence-corrected chi connectivity index (χ4v) is 6.05. The highest BCUT2D eigenvalue weighted by atomic mass is 32.2. The molecule has 1 atom stereocenters. The van der Waals surface area contributed by atoms with Crippen LogP contribution in [0.4, 0.5) is 0 Å². The highest BCUT2D eigenvalue weighted by Gasteiger charge is 2.51. The van der Waals surface area contributed by atoms with Gasteiger partial charge in [0.2, 0.25) is 9.84 Å². The van der Waals surface area contributed by atoms with E-state index in [9.17, 15) is 8.42 Å². The summed E-state index contributed by atoms with van der Waals surface area (Å²) in [6, 6.07) is 11.2. The molecule has 2 aliphatic rings. The van der Waals surface area contributed by atoms with E-state index in [2.05, 4.69) is 10.3 Å². The van der Waals surface area contributed by atoms with Crippen molar-refractivity contribution >= 4 is 15.4 Å². The minimum atomic E-state index is -3.53. The number of aromatic nitrogens is 1. The Labute approximate surface area is 136 Å². The first-order chi connectivity index (χ1) is 10.8. The maximum absolute atomic E-state index is 13.2. The summed E-state index contributed by atoms with van der Waals surface area (Å²) in [4.78, 5) is 5.05. The number of pyridine rings is 1. The predicted octanol–water partition coefficient (Wildman–Crippen LogP) is 3.01. The zero-order valence-corrected chi connectivity index (χ0v) is 14.1. The summed E-state index contributed by atoms with van der Waals surface area (Å²) in [7, 11) is -3.53. The number of sulfone groups is 1. The van der Waals surface area contributed by atoms with Gasteiger partial charge in [-0.1, -0.05) is 30.3 Å². The van der Waals surface area contributed by atoms with Gasteiger partial charge in [0.15, 0.2) is 0 Å². The Morgan fingerprint density at radius 2 is 1.83 bits per heavy atom. The third-order valence-electron chi connectivity index (χ3n) is 4.68. The lowest BCUT2D eigenvalue weighted by Gasteiger charge is -2.26. The lowest BCUT2D eigenvalue weighted by atomic mass is 9.91. The van der Waals surface area contributed by atoms with Gasteiger partial charge in [-0.15, -0.1) is 0 Å². The molecule has 0 amide bonds. The summed E-state index contributed by atoms with van der Waals surface area (Å²) >= 11 is 0. The largest absolute Gasteiger partial charge is 0.296 e. The highest BCUT2D eigenvalue weighted by molar-refractivity contribution is 7.96. The summed E-state index contributed by atoms with van der Waals surface area (Å²) in [6.07, 6.45) is 1.69. The number of fused-ring (bicyclic) bond motifs is 2. The third-order valence-corrected chi connectivity index (χ3v) is 6.75. The van der Waals surface area contributed by atoms with Crippen LogP contribution in [0.25, 0.3) is 5.57 Å². The zero-order valence-electron chi connectivity index (χ0n) is 13.3. The zero-order chi connectivity index (χ0) is 16.4. The molecule has 1 aromatic heterocycles. The molecule has 4 rings (SSSR count). The van der Waals surface area contributed by atoms with Gasteiger partial charge in [0.25, 0.3) is 0 Å². The summed E-state index contributed by atoms with van der Waals surface area (Å²) in [5, 5.41) is 3.49. The van der Waals surface area contributed by atoms with Gasteiger partial charge in [-0.3, -0.25) is 10.3 Å². The SMILES string of the molecule is Cc1nccc2c1S(=O)(=O)C1=C2C(C)(C)NC1c1ccccc1. The van der Waals surface area contributed by atoms with Crippen molar-refractivity contribution in [1.29, 1.82) is 0 Å². The topological polar surface area (TPSA) is 59.1 Å². The molecule has 118 valence electrons. The predicted molar refractivity (Wildman–Crippen MR) is 89.5 cm³/mol. The van der Waals surface area contributed by atoms with Gasteiger partial charge < -0.3 is 0 Å². The fourth-order valence-electron chi connectivity index (χ4n) is 3.79. The molecule has 0 radical (unpaired) electrons. The summed E-state index contributed by atoms with van der Waals surface area (Å²) in [6.45, 7) is 5.83. The van der Waals surface area contributed by atoms with Crippen LogP contribution in [0.2, 0.25) is 0 Å². The van der Waals surface area contributed by atoms with Crippen molar-refractivity contribution in [2.24, 2.45) is 0 Å². The second-order valence-corrected chi connectivity index (χ2v) is 8.48. The van der Waals surface area contributed by atoms with E-state index in [0.717, 1.165) is 16.7 Å². The molecule has 3 heterocycles. The van der Waals surface area contributed by atoms with Crippen LogP contribution in [0.3, 0.4) is 0 Å². The van der Waals surface area contributed by atoms with Gasteiger partial charge >= 0.3 is 0 Å². The Morgan fingerprint density at radius 3 is 2.52 bits per heavy atom. The van der Waals surface area contributed by atoms with E-state index in [4.69, 9.17) is 0 Å². The molecular formula is C18H18N2O2S. The van der Waals surface area contributed by atoms with Crippen LogP contribution in [0, 0.1) is 6.92 Å². The highest BCUT2D eigenvalue weighted by Crippen LogP contribution is 2.54. The van der Waals surface area contributed by atoms with Crippen LogP contribution in [-0.4, -0.2) is 18.9 Å². The number of hydrogen-bond acceptors (Lipinski definition) is 4. The van der Waals surface area contributed by atoms with Crippen LogP contribution < -0.4 is 5.32 Å². The summed E-state index contributed by atoms with van der Waals surface area (Å²) < 4.78 is 26.4. The number of nitrogens with one attached hydrogen (secondary N) is 1. The van der Waals surface area contributed by atoms with Crippen molar-refractivity contribution in [2.45, 2.75) is 37.2 Å². The molecule has 2 aliphatic heterocycles. The molecule has 0 bridgehead atoms. The van der Waals surface area contributed by atoms with Gasteiger partial charge in [-0.2, -0.15) is 0 Å². The molecule has 0 spiro atoms. The molecule has 23 heavy (non-hydrogen) atoms. The van der Waals surface area contributed by atoms with Gasteiger partial charge in [0, 0.05) is 17.3 Å². The third kappa shape index (κ3) is 1.87. The molecule has 0 saturated carbocycles. The van der Waals surface area contributed by atoms with Crippen LogP contribution in [0.5, 0.6) is 0 Å². The van der Waals surface area contributed by atoms with E-state index in [1.165, 1.54) is 0 Å². The van der Waals surface area contributed by atoms with Gasteiger partial charge in [0.05, 0.1) is 16.6 Å². The first-order valence-electron chi connectivity index (χ1n) is 7.62. The Balaban J connectivity index is 2.03. The van der Waals surface area contributed by atoms with Crippen molar-refractivity contribution in [3.63, 3.8) is 0 Å². The molecule has 5 heteroatoms. The van der Waals surface area contributed by atoms with Crippen LogP contribution >= 0.6 is 0 Å². The number of nitrogens with zero attached hydrogens (tertiary/aromatic N) is 1. The van der Waals surface area contributed by atoms with Crippen molar-refractivity contribution < 1.29 is 8.42 Å². The summed E-state index contributed by atoms with van der Waals surface area (Å²) in [5.41, 5.74) is 2.80. The molecule has 2 aromatic rings. The quantitative estimate of drug-likeness (QED) is 0.875. The minimum absolute atomic E-state index is 0.321. The number of hydrogen-bond donors (Lipinski definition) is 1. The van der Waals surface area contributed by atoms with Crippen LogP contribution in [0.15, 0.2) is 52.4 Å². The van der Waals surface area contributed by atoms with Crippen molar-refractivity contribution in [3.8, 4) is 0 Å². The van der Waals surface area contributed by atoms with E-state index in [1.54, 1.807) is 13.1 Å². The maximum atomic E-state index is 13.2. The molecule has 0 fully saturated rings. The monoisotopic (exact) mass is 326 g/mol. The first-order valence-corrected chi connectivity index (χ1v) is 9.11. The first kappa shape index (κ1) is 14.6. The van der Waals surface area contributed by atoms with Crippen molar-refractivity contribution in [1.82, 2.24) is 10.3 Å². The van der Waals surface area contributed by atoms with Crippen molar-refractivity contribution in [2.75, 3.05) is 0 Å². The Hall–Kier alpha value is -1.98. The molecule has 1 aromatic carbocycles. The molecular weight excluding hydrogens is 308 g/mol. The molecule has 4 nitrogen and oxygen atoms in total. The van der Waals surface area contributed by atoms with E-state index in [-0.39, 0.29) is 6.04 Å². The molecule has 0 aliphatic carbocycles. The Bertz CT molecular complexity index is 944. The van der Waals surface area contributed by atoms with E-state index in [1.807, 2.05) is 50.2 Å². The fraction of sp³-hybridized carbons (Fsp3) is 0.278. The molecule has 1 N–H and O–H groups in total. The Morgan fingerprint density at radius 1 is 1.13 bits per heavy atom. The van der Waals surface area contributed by atoms with E-state index < -0.39 is 15.4 Å². The number of rotatable bonds is 1. The van der Waals surface area contributed by atoms with Gasteiger partial charge in [0.1, 0.15) is 4.90 Å². The smallest absolute Gasteiger partial charge is 0.207 e. The van der Waals surface area contributed by atoms with E-state index >= 15 is 0 Å². The minimum Gasteiger partial charge on any atom is -0.296 e. The Kier molecular flexibility index (Phi) is 2.87. The standard InChI is InChI=1S/C18H18N2O2S/c1-11-16-13(9-10-19-11)14-17(23(16,21)22)15(20-18(14,2)3)12-7-5-4-6-8-12/h4-10,15,20H,1-3H3. The molecule has 0 saturated heterocycles. The number of benzene rings is 1.